The summed E-state index contributed by atoms with van der Waals surface area (Å²) in [4.78, 5) is 0. The van der Waals surface area contributed by atoms with E-state index in [9.17, 15) is 0 Å². The van der Waals surface area contributed by atoms with Crippen LogP contribution < -0.4 is 5.32 Å². The highest BCUT2D eigenvalue weighted by Crippen LogP contribution is 2.25. The number of hydrogen-bond donors (Lipinski definition) is 1. The Morgan fingerprint density at radius 1 is 1.16 bits per heavy atom. The van der Waals surface area contributed by atoms with Gasteiger partial charge in [0.25, 0.3) is 0 Å². The molecule has 1 N–H and O–H groups in total. The SMILES string of the molecule is CCCCOCCCNCc1csc2ccccc12. The fourth-order valence-corrected chi connectivity index (χ4v) is 3.00. The Labute approximate surface area is 119 Å². The number of nitrogens with one attached hydrogen (secondary N) is 1. The van der Waals surface area contributed by atoms with Crippen LogP contribution in [0.2, 0.25) is 0 Å². The van der Waals surface area contributed by atoms with E-state index in [1.807, 2.05) is 11.3 Å². The molecule has 2 nitrogen and oxygen atoms in total. The molecular weight excluding hydrogens is 254 g/mol. The molecule has 1 heterocycles. The first-order chi connectivity index (χ1) is 9.42. The fraction of sp³-hybridized carbons (Fsp3) is 0.500. The van der Waals surface area contributed by atoms with Crippen LogP contribution in [0.15, 0.2) is 29.6 Å². The van der Waals surface area contributed by atoms with E-state index in [1.165, 1.54) is 28.5 Å². The van der Waals surface area contributed by atoms with Crippen molar-refractivity contribution < 1.29 is 4.74 Å². The predicted octanol–water partition coefficient (Wildman–Crippen LogP) is 4.20. The van der Waals surface area contributed by atoms with Crippen LogP contribution in [0.25, 0.3) is 10.1 Å². The number of hydrogen-bond acceptors (Lipinski definition) is 3. The number of rotatable bonds is 9. The minimum atomic E-state index is 0.872. The lowest BCUT2D eigenvalue weighted by Crippen LogP contribution is -2.16. The van der Waals surface area contributed by atoms with Crippen LogP contribution in [0.4, 0.5) is 0 Å². The van der Waals surface area contributed by atoms with E-state index in [0.717, 1.165) is 32.7 Å². The molecule has 104 valence electrons. The van der Waals surface area contributed by atoms with E-state index in [-0.39, 0.29) is 0 Å². The summed E-state index contributed by atoms with van der Waals surface area (Å²) < 4.78 is 6.92. The summed E-state index contributed by atoms with van der Waals surface area (Å²) in [5, 5.41) is 7.14. The number of fused-ring (bicyclic) bond motifs is 1. The molecule has 0 atom stereocenters. The largest absolute Gasteiger partial charge is 0.381 e. The summed E-state index contributed by atoms with van der Waals surface area (Å²) in [6, 6.07) is 8.60. The normalized spacial score (nSPS) is 11.2. The van der Waals surface area contributed by atoms with Gasteiger partial charge in [-0.3, -0.25) is 0 Å². The van der Waals surface area contributed by atoms with Crippen molar-refractivity contribution in [3.8, 4) is 0 Å². The van der Waals surface area contributed by atoms with Crippen molar-refractivity contribution in [3.63, 3.8) is 0 Å². The first-order valence-corrected chi connectivity index (χ1v) is 8.03. The molecule has 0 aliphatic heterocycles. The second-order valence-electron chi connectivity index (χ2n) is 4.75. The predicted molar refractivity (Wildman–Crippen MR) is 83.9 cm³/mol. The second kappa shape index (κ2) is 8.31. The second-order valence-corrected chi connectivity index (χ2v) is 5.66. The average molecular weight is 277 g/mol. The van der Waals surface area contributed by atoms with Gasteiger partial charge in [0.05, 0.1) is 0 Å². The van der Waals surface area contributed by atoms with Gasteiger partial charge in [0, 0.05) is 24.5 Å². The van der Waals surface area contributed by atoms with Gasteiger partial charge in [-0.05, 0) is 41.8 Å². The molecule has 0 amide bonds. The van der Waals surface area contributed by atoms with Gasteiger partial charge in [-0.2, -0.15) is 0 Å². The number of benzene rings is 1. The zero-order valence-electron chi connectivity index (χ0n) is 11.7. The van der Waals surface area contributed by atoms with Crippen LogP contribution >= 0.6 is 11.3 Å². The molecule has 0 radical (unpaired) electrons. The maximum absolute atomic E-state index is 5.54. The van der Waals surface area contributed by atoms with E-state index in [0.29, 0.717) is 0 Å². The summed E-state index contributed by atoms with van der Waals surface area (Å²) in [6.07, 6.45) is 3.48. The topological polar surface area (TPSA) is 21.3 Å². The molecule has 0 saturated heterocycles. The maximum atomic E-state index is 5.54. The Bertz CT molecular complexity index is 480. The van der Waals surface area contributed by atoms with Crippen molar-refractivity contribution in [1.82, 2.24) is 5.32 Å². The molecule has 3 heteroatoms. The molecule has 0 aliphatic carbocycles. The lowest BCUT2D eigenvalue weighted by Gasteiger charge is -2.05. The van der Waals surface area contributed by atoms with Gasteiger partial charge in [0.1, 0.15) is 0 Å². The van der Waals surface area contributed by atoms with Crippen molar-refractivity contribution in [2.24, 2.45) is 0 Å². The third kappa shape index (κ3) is 4.60. The van der Waals surface area contributed by atoms with Gasteiger partial charge in [-0.25, -0.2) is 0 Å². The van der Waals surface area contributed by atoms with Gasteiger partial charge in [0.15, 0.2) is 0 Å². The fourth-order valence-electron chi connectivity index (χ4n) is 2.04. The standard InChI is InChI=1S/C16H23NOS/c1-2-3-10-18-11-6-9-17-12-14-13-19-16-8-5-4-7-15(14)16/h4-5,7-8,13,17H,2-3,6,9-12H2,1H3. The molecule has 0 spiro atoms. The third-order valence-electron chi connectivity index (χ3n) is 3.16. The van der Waals surface area contributed by atoms with E-state index >= 15 is 0 Å². The number of thiophene rings is 1. The summed E-state index contributed by atoms with van der Waals surface area (Å²) in [7, 11) is 0. The molecule has 1 aromatic heterocycles. The average Bonchev–Trinajstić information content (AvgIpc) is 2.85. The van der Waals surface area contributed by atoms with Crippen LogP contribution in [0, 0.1) is 0 Å². The Kier molecular flexibility index (Phi) is 6.34. The first kappa shape index (κ1) is 14.5. The third-order valence-corrected chi connectivity index (χ3v) is 4.17. The van der Waals surface area contributed by atoms with Gasteiger partial charge in [0.2, 0.25) is 0 Å². The van der Waals surface area contributed by atoms with Crippen molar-refractivity contribution in [1.29, 1.82) is 0 Å². The number of unbranched alkanes of at least 4 members (excludes halogenated alkanes) is 1. The minimum absolute atomic E-state index is 0.872. The molecular formula is C16H23NOS. The summed E-state index contributed by atoms with van der Waals surface area (Å²) in [6.45, 7) is 5.95. The van der Waals surface area contributed by atoms with Crippen LogP contribution in [0.5, 0.6) is 0 Å². The molecule has 0 aliphatic rings. The van der Waals surface area contributed by atoms with Crippen molar-refractivity contribution in [2.75, 3.05) is 19.8 Å². The smallest absolute Gasteiger partial charge is 0.0478 e. The summed E-state index contributed by atoms with van der Waals surface area (Å²) >= 11 is 1.83. The number of ether oxygens (including phenoxy) is 1. The molecule has 2 rings (SSSR count). The van der Waals surface area contributed by atoms with Crippen molar-refractivity contribution >= 4 is 21.4 Å². The molecule has 0 bridgehead atoms. The molecule has 1 aromatic carbocycles. The van der Waals surface area contributed by atoms with Crippen LogP contribution in [-0.2, 0) is 11.3 Å². The summed E-state index contributed by atoms with van der Waals surface area (Å²) in [5.41, 5.74) is 1.41. The molecule has 0 unspecified atom stereocenters. The Hall–Kier alpha value is -0.900. The van der Waals surface area contributed by atoms with Gasteiger partial charge < -0.3 is 10.1 Å². The van der Waals surface area contributed by atoms with E-state index in [1.54, 1.807) is 0 Å². The van der Waals surface area contributed by atoms with E-state index in [2.05, 4.69) is 41.9 Å². The molecule has 19 heavy (non-hydrogen) atoms. The zero-order chi connectivity index (χ0) is 13.3. The van der Waals surface area contributed by atoms with E-state index < -0.39 is 0 Å². The molecule has 2 aromatic rings. The van der Waals surface area contributed by atoms with Gasteiger partial charge >= 0.3 is 0 Å². The highest BCUT2D eigenvalue weighted by atomic mass is 32.1. The van der Waals surface area contributed by atoms with Crippen LogP contribution in [0.1, 0.15) is 31.7 Å². The van der Waals surface area contributed by atoms with Gasteiger partial charge in [-0.15, -0.1) is 11.3 Å². The van der Waals surface area contributed by atoms with Gasteiger partial charge in [-0.1, -0.05) is 31.5 Å². The van der Waals surface area contributed by atoms with Crippen LogP contribution in [0.3, 0.4) is 0 Å². The van der Waals surface area contributed by atoms with E-state index in [4.69, 9.17) is 4.74 Å². The molecule has 0 saturated carbocycles. The highest BCUT2D eigenvalue weighted by Gasteiger charge is 2.02. The Balaban J connectivity index is 1.63. The summed E-state index contributed by atoms with van der Waals surface area (Å²) in [5.74, 6) is 0. The highest BCUT2D eigenvalue weighted by molar-refractivity contribution is 7.17. The lowest BCUT2D eigenvalue weighted by atomic mass is 10.2. The van der Waals surface area contributed by atoms with Crippen molar-refractivity contribution in [2.45, 2.75) is 32.7 Å². The minimum Gasteiger partial charge on any atom is -0.381 e. The first-order valence-electron chi connectivity index (χ1n) is 7.15. The quantitative estimate of drug-likeness (QED) is 0.694. The Morgan fingerprint density at radius 2 is 2.00 bits per heavy atom. The Morgan fingerprint density at radius 3 is 2.89 bits per heavy atom. The van der Waals surface area contributed by atoms with Crippen molar-refractivity contribution in [3.05, 3.63) is 35.2 Å². The maximum Gasteiger partial charge on any atom is 0.0478 e. The monoisotopic (exact) mass is 277 g/mol. The van der Waals surface area contributed by atoms with Crippen LogP contribution in [-0.4, -0.2) is 19.8 Å². The zero-order valence-corrected chi connectivity index (χ0v) is 12.5. The molecule has 0 fully saturated rings. The lowest BCUT2D eigenvalue weighted by molar-refractivity contribution is 0.129.